The van der Waals surface area contributed by atoms with E-state index >= 15 is 0 Å². The molecule has 0 aliphatic heterocycles. The summed E-state index contributed by atoms with van der Waals surface area (Å²) in [5.41, 5.74) is 3.93. The van der Waals surface area contributed by atoms with Crippen LogP contribution in [0.25, 0.3) is 0 Å². The molecule has 20 heavy (non-hydrogen) atoms. The van der Waals surface area contributed by atoms with Gasteiger partial charge in [-0.25, -0.2) is 8.78 Å². The second kappa shape index (κ2) is 7.07. The molecule has 3 N–H and O–H groups in total. The second-order valence-corrected chi connectivity index (χ2v) is 4.66. The molecule has 1 unspecified atom stereocenters. The van der Waals surface area contributed by atoms with Crippen molar-refractivity contribution in [3.63, 3.8) is 0 Å². The van der Waals surface area contributed by atoms with Crippen molar-refractivity contribution < 1.29 is 8.78 Å². The molecule has 0 saturated carbocycles. The van der Waals surface area contributed by atoms with Crippen LogP contribution in [0.5, 0.6) is 0 Å². The summed E-state index contributed by atoms with van der Waals surface area (Å²) in [6, 6.07) is 9.02. The molecular formula is C15H17F2N3. The standard InChI is InChI=1S/C15H17F2N3/c16-12-4-7-15(17)11(9-12)10-14(20-18)6-5-13-3-1-2-8-19-13/h1-4,7-9,14,20H,5-6,10,18H2. The lowest BCUT2D eigenvalue weighted by molar-refractivity contribution is 0.475. The molecule has 1 aromatic carbocycles. The van der Waals surface area contributed by atoms with E-state index in [2.05, 4.69) is 10.4 Å². The van der Waals surface area contributed by atoms with Gasteiger partial charge in [0.15, 0.2) is 0 Å². The Bertz CT molecular complexity index is 546. The number of hydrogen-bond donors (Lipinski definition) is 2. The number of pyridine rings is 1. The fourth-order valence-corrected chi connectivity index (χ4v) is 2.08. The van der Waals surface area contributed by atoms with E-state index in [1.165, 1.54) is 6.07 Å². The third-order valence-corrected chi connectivity index (χ3v) is 3.18. The minimum Gasteiger partial charge on any atom is -0.271 e. The fraction of sp³-hybridized carbons (Fsp3) is 0.267. The van der Waals surface area contributed by atoms with E-state index in [1.54, 1.807) is 6.20 Å². The highest BCUT2D eigenvalue weighted by molar-refractivity contribution is 5.20. The lowest BCUT2D eigenvalue weighted by atomic mass is 10.0. The predicted molar refractivity (Wildman–Crippen MR) is 73.7 cm³/mol. The lowest BCUT2D eigenvalue weighted by Gasteiger charge is -2.16. The van der Waals surface area contributed by atoms with Crippen LogP contribution in [-0.4, -0.2) is 11.0 Å². The number of halogens is 2. The molecule has 2 aromatic rings. The molecule has 0 spiro atoms. The summed E-state index contributed by atoms with van der Waals surface area (Å²) in [7, 11) is 0. The van der Waals surface area contributed by atoms with Crippen molar-refractivity contribution in [2.24, 2.45) is 5.84 Å². The zero-order chi connectivity index (χ0) is 14.4. The summed E-state index contributed by atoms with van der Waals surface area (Å²) in [5.74, 6) is 4.63. The van der Waals surface area contributed by atoms with Crippen molar-refractivity contribution in [2.45, 2.75) is 25.3 Å². The monoisotopic (exact) mass is 277 g/mol. The molecule has 5 heteroatoms. The molecule has 0 aliphatic carbocycles. The first-order valence-electron chi connectivity index (χ1n) is 6.49. The smallest absolute Gasteiger partial charge is 0.126 e. The maximum atomic E-state index is 13.6. The van der Waals surface area contributed by atoms with E-state index in [1.807, 2.05) is 18.2 Å². The first-order valence-corrected chi connectivity index (χ1v) is 6.49. The number of hydrogen-bond acceptors (Lipinski definition) is 3. The number of aryl methyl sites for hydroxylation is 1. The van der Waals surface area contributed by atoms with Gasteiger partial charge in [0.05, 0.1) is 0 Å². The van der Waals surface area contributed by atoms with Crippen LogP contribution >= 0.6 is 0 Å². The molecule has 2 rings (SSSR count). The van der Waals surface area contributed by atoms with E-state index < -0.39 is 11.6 Å². The van der Waals surface area contributed by atoms with Gasteiger partial charge in [0.1, 0.15) is 11.6 Å². The zero-order valence-corrected chi connectivity index (χ0v) is 11.0. The van der Waals surface area contributed by atoms with E-state index in [9.17, 15) is 8.78 Å². The number of benzene rings is 1. The Balaban J connectivity index is 1.97. The predicted octanol–water partition coefficient (Wildman–Crippen LogP) is 2.37. The Kier molecular flexibility index (Phi) is 5.15. The van der Waals surface area contributed by atoms with Crippen LogP contribution in [0.2, 0.25) is 0 Å². The van der Waals surface area contributed by atoms with Crippen LogP contribution in [0.3, 0.4) is 0 Å². The lowest BCUT2D eigenvalue weighted by Crippen LogP contribution is -2.37. The Labute approximate surface area is 116 Å². The first kappa shape index (κ1) is 14.6. The molecule has 0 aliphatic rings. The minimum absolute atomic E-state index is 0.131. The molecule has 0 fully saturated rings. The topological polar surface area (TPSA) is 50.9 Å². The van der Waals surface area contributed by atoms with Gasteiger partial charge in [-0.15, -0.1) is 0 Å². The van der Waals surface area contributed by atoms with E-state index in [4.69, 9.17) is 5.84 Å². The van der Waals surface area contributed by atoms with Crippen LogP contribution in [0, 0.1) is 11.6 Å². The Hall–Kier alpha value is -1.85. The largest absolute Gasteiger partial charge is 0.271 e. The van der Waals surface area contributed by atoms with Crippen molar-refractivity contribution in [2.75, 3.05) is 0 Å². The van der Waals surface area contributed by atoms with Gasteiger partial charge in [-0.1, -0.05) is 6.07 Å². The molecule has 0 bridgehead atoms. The van der Waals surface area contributed by atoms with Crippen LogP contribution in [0.15, 0.2) is 42.6 Å². The highest BCUT2D eigenvalue weighted by atomic mass is 19.1. The molecule has 1 aromatic heterocycles. The average molecular weight is 277 g/mol. The maximum Gasteiger partial charge on any atom is 0.126 e. The number of rotatable bonds is 6. The summed E-state index contributed by atoms with van der Waals surface area (Å²) in [6.45, 7) is 0. The van der Waals surface area contributed by atoms with Crippen LogP contribution in [-0.2, 0) is 12.8 Å². The van der Waals surface area contributed by atoms with Crippen molar-refractivity contribution in [1.29, 1.82) is 0 Å². The summed E-state index contributed by atoms with van der Waals surface area (Å²) < 4.78 is 26.7. The number of hydrazine groups is 1. The summed E-state index contributed by atoms with van der Waals surface area (Å²) >= 11 is 0. The van der Waals surface area contributed by atoms with Crippen molar-refractivity contribution in [3.05, 3.63) is 65.5 Å². The highest BCUT2D eigenvalue weighted by Crippen LogP contribution is 2.14. The Morgan fingerprint density at radius 2 is 2.05 bits per heavy atom. The third-order valence-electron chi connectivity index (χ3n) is 3.18. The SMILES string of the molecule is NNC(CCc1ccccn1)Cc1cc(F)ccc1F. The van der Waals surface area contributed by atoms with E-state index in [0.717, 1.165) is 24.2 Å². The average Bonchev–Trinajstić information content (AvgIpc) is 2.48. The zero-order valence-electron chi connectivity index (χ0n) is 11.0. The van der Waals surface area contributed by atoms with E-state index in [-0.39, 0.29) is 6.04 Å². The van der Waals surface area contributed by atoms with Gasteiger partial charge >= 0.3 is 0 Å². The molecule has 106 valence electrons. The van der Waals surface area contributed by atoms with Gasteiger partial charge in [-0.2, -0.15) is 0 Å². The summed E-state index contributed by atoms with van der Waals surface area (Å²) in [4.78, 5) is 4.22. The van der Waals surface area contributed by atoms with Gasteiger partial charge in [-0.05, 0) is 55.2 Å². The second-order valence-electron chi connectivity index (χ2n) is 4.66. The summed E-state index contributed by atoms with van der Waals surface area (Å²) in [5, 5.41) is 0. The number of aromatic nitrogens is 1. The highest BCUT2D eigenvalue weighted by Gasteiger charge is 2.12. The van der Waals surface area contributed by atoms with Crippen LogP contribution < -0.4 is 11.3 Å². The van der Waals surface area contributed by atoms with Gasteiger partial charge < -0.3 is 0 Å². The molecule has 1 atom stereocenters. The van der Waals surface area contributed by atoms with Gasteiger partial charge in [0.25, 0.3) is 0 Å². The fourth-order valence-electron chi connectivity index (χ4n) is 2.08. The number of nitrogens with zero attached hydrogens (tertiary/aromatic N) is 1. The maximum absolute atomic E-state index is 13.6. The molecule has 0 radical (unpaired) electrons. The third kappa shape index (κ3) is 4.08. The minimum atomic E-state index is -0.443. The quantitative estimate of drug-likeness (QED) is 0.629. The van der Waals surface area contributed by atoms with Crippen LogP contribution in [0.4, 0.5) is 8.78 Å². The van der Waals surface area contributed by atoms with Crippen molar-refractivity contribution in [3.8, 4) is 0 Å². The number of nitrogens with one attached hydrogen (secondary N) is 1. The molecule has 0 amide bonds. The Morgan fingerprint density at radius 1 is 1.20 bits per heavy atom. The molecular weight excluding hydrogens is 260 g/mol. The van der Waals surface area contributed by atoms with Gasteiger partial charge in [0, 0.05) is 17.9 Å². The van der Waals surface area contributed by atoms with E-state index in [0.29, 0.717) is 18.4 Å². The normalized spacial score (nSPS) is 12.3. The van der Waals surface area contributed by atoms with Crippen molar-refractivity contribution >= 4 is 0 Å². The molecule has 0 saturated heterocycles. The molecule has 3 nitrogen and oxygen atoms in total. The first-order chi connectivity index (χ1) is 9.69. The molecule has 1 heterocycles. The van der Waals surface area contributed by atoms with Crippen LogP contribution in [0.1, 0.15) is 17.7 Å². The van der Waals surface area contributed by atoms with Gasteiger partial charge in [-0.3, -0.25) is 16.3 Å². The van der Waals surface area contributed by atoms with Gasteiger partial charge in [0.2, 0.25) is 0 Å². The number of nitrogens with two attached hydrogens (primary N) is 1. The van der Waals surface area contributed by atoms with Crippen molar-refractivity contribution in [1.82, 2.24) is 10.4 Å². The summed E-state index contributed by atoms with van der Waals surface area (Å²) in [6.07, 6.45) is 3.50. The Morgan fingerprint density at radius 3 is 2.75 bits per heavy atom.